The highest BCUT2D eigenvalue weighted by atomic mass is 16.5. The molecule has 6 heteroatoms. The van der Waals surface area contributed by atoms with Gasteiger partial charge in [0.2, 0.25) is 5.65 Å². The van der Waals surface area contributed by atoms with E-state index in [-0.39, 0.29) is 0 Å². The smallest absolute Gasteiger partial charge is 0.260 e. The minimum absolute atomic E-state index is 0.421. The first kappa shape index (κ1) is 11.4. The molecule has 1 fully saturated rings. The summed E-state index contributed by atoms with van der Waals surface area (Å²) < 4.78 is 7.66. The molecule has 3 heterocycles. The van der Waals surface area contributed by atoms with Gasteiger partial charge >= 0.3 is 0 Å². The van der Waals surface area contributed by atoms with Gasteiger partial charge in [0.05, 0.1) is 0 Å². The first-order valence-electron chi connectivity index (χ1n) is 6.37. The molecule has 1 N–H and O–H groups in total. The van der Waals surface area contributed by atoms with E-state index < -0.39 is 0 Å². The molecule has 1 atom stereocenters. The molecule has 0 aromatic carbocycles. The zero-order chi connectivity index (χ0) is 12.4. The first-order valence-corrected chi connectivity index (χ1v) is 6.37. The topological polar surface area (TPSA) is 64.3 Å². The number of ether oxygens (including phenoxy) is 1. The van der Waals surface area contributed by atoms with Gasteiger partial charge in [-0.1, -0.05) is 6.42 Å². The van der Waals surface area contributed by atoms with E-state index in [2.05, 4.69) is 20.5 Å². The van der Waals surface area contributed by atoms with Crippen LogP contribution >= 0.6 is 0 Å². The number of hydrogen-bond donors (Lipinski definition) is 1. The van der Waals surface area contributed by atoms with Crippen LogP contribution in [0.25, 0.3) is 5.65 Å². The summed E-state index contributed by atoms with van der Waals surface area (Å²) in [5.74, 6) is 1.40. The molecular formula is C12H17N5O. The standard InChI is InChI=1S/C12H17N5O/c1-9-15-16-11-12(14-6-7-17(9)11)18-8-10-4-2-3-5-13-10/h6-7,10,13H,2-5,8H2,1H3. The number of hydrogen-bond acceptors (Lipinski definition) is 5. The van der Waals surface area contributed by atoms with Crippen LogP contribution in [0.4, 0.5) is 0 Å². The SMILES string of the molecule is Cc1nnc2c(OCC3CCCCN3)nccn12. The van der Waals surface area contributed by atoms with Crippen LogP contribution in [0.1, 0.15) is 25.1 Å². The Morgan fingerprint density at radius 2 is 2.39 bits per heavy atom. The third-order valence-electron chi connectivity index (χ3n) is 3.30. The summed E-state index contributed by atoms with van der Waals surface area (Å²) in [7, 11) is 0. The van der Waals surface area contributed by atoms with Gasteiger partial charge in [-0.25, -0.2) is 4.98 Å². The van der Waals surface area contributed by atoms with Gasteiger partial charge in [0.15, 0.2) is 0 Å². The fraction of sp³-hybridized carbons (Fsp3) is 0.583. The van der Waals surface area contributed by atoms with Crippen LogP contribution in [0, 0.1) is 6.92 Å². The van der Waals surface area contributed by atoms with Crippen LogP contribution in [0.15, 0.2) is 12.4 Å². The average Bonchev–Trinajstić information content (AvgIpc) is 2.80. The van der Waals surface area contributed by atoms with Crippen molar-refractivity contribution in [3.05, 3.63) is 18.2 Å². The Balaban J connectivity index is 1.74. The lowest BCUT2D eigenvalue weighted by molar-refractivity contribution is 0.233. The number of aromatic nitrogens is 4. The molecule has 0 amide bonds. The van der Waals surface area contributed by atoms with E-state index in [1.165, 1.54) is 12.8 Å². The van der Waals surface area contributed by atoms with Gasteiger partial charge < -0.3 is 10.1 Å². The van der Waals surface area contributed by atoms with Crippen LogP contribution in [-0.4, -0.2) is 38.8 Å². The van der Waals surface area contributed by atoms with Crippen molar-refractivity contribution < 1.29 is 4.74 Å². The summed E-state index contributed by atoms with van der Waals surface area (Å²) in [6.07, 6.45) is 7.24. The lowest BCUT2D eigenvalue weighted by Crippen LogP contribution is -2.38. The second kappa shape index (κ2) is 4.89. The summed E-state index contributed by atoms with van der Waals surface area (Å²) in [6, 6.07) is 0.421. The molecule has 0 radical (unpaired) electrons. The Bertz CT molecular complexity index is 532. The van der Waals surface area contributed by atoms with E-state index in [1.807, 2.05) is 17.5 Å². The van der Waals surface area contributed by atoms with Crippen LogP contribution in [0.3, 0.4) is 0 Å². The van der Waals surface area contributed by atoms with Crippen molar-refractivity contribution in [1.29, 1.82) is 0 Å². The average molecular weight is 247 g/mol. The maximum absolute atomic E-state index is 5.78. The van der Waals surface area contributed by atoms with Crippen molar-refractivity contribution in [2.75, 3.05) is 13.2 Å². The largest absolute Gasteiger partial charge is 0.473 e. The number of nitrogens with zero attached hydrogens (tertiary/aromatic N) is 4. The summed E-state index contributed by atoms with van der Waals surface area (Å²) in [5.41, 5.74) is 0.686. The van der Waals surface area contributed by atoms with Crippen LogP contribution in [0.5, 0.6) is 5.88 Å². The molecule has 2 aromatic rings. The molecule has 18 heavy (non-hydrogen) atoms. The van der Waals surface area contributed by atoms with Crippen molar-refractivity contribution in [1.82, 2.24) is 24.9 Å². The molecule has 6 nitrogen and oxygen atoms in total. The number of rotatable bonds is 3. The Hall–Kier alpha value is -1.69. The normalized spacial score (nSPS) is 20.2. The Morgan fingerprint density at radius 1 is 1.44 bits per heavy atom. The number of piperidine rings is 1. The highest BCUT2D eigenvalue weighted by molar-refractivity contribution is 5.48. The van der Waals surface area contributed by atoms with Crippen LogP contribution in [-0.2, 0) is 0 Å². The Labute approximate surface area is 105 Å². The van der Waals surface area contributed by atoms with E-state index in [1.54, 1.807) is 6.20 Å². The van der Waals surface area contributed by atoms with Gasteiger partial charge in [0.25, 0.3) is 5.88 Å². The molecule has 0 bridgehead atoms. The second-order valence-electron chi connectivity index (χ2n) is 4.63. The summed E-state index contributed by atoms with van der Waals surface area (Å²) in [6.45, 7) is 3.63. The monoisotopic (exact) mass is 247 g/mol. The second-order valence-corrected chi connectivity index (χ2v) is 4.63. The van der Waals surface area contributed by atoms with E-state index in [0.717, 1.165) is 18.8 Å². The minimum atomic E-state index is 0.421. The molecule has 0 saturated carbocycles. The molecule has 2 aromatic heterocycles. The van der Waals surface area contributed by atoms with Crippen molar-refractivity contribution in [2.24, 2.45) is 0 Å². The Morgan fingerprint density at radius 3 is 3.22 bits per heavy atom. The predicted molar refractivity (Wildman–Crippen MR) is 66.7 cm³/mol. The fourth-order valence-electron chi connectivity index (χ4n) is 2.27. The van der Waals surface area contributed by atoms with Gasteiger partial charge in [-0.2, -0.15) is 0 Å². The van der Waals surface area contributed by atoms with E-state index in [0.29, 0.717) is 24.2 Å². The molecule has 1 aliphatic rings. The predicted octanol–water partition coefficient (Wildman–Crippen LogP) is 0.954. The van der Waals surface area contributed by atoms with Crippen LogP contribution in [0.2, 0.25) is 0 Å². The number of fused-ring (bicyclic) bond motifs is 1. The molecule has 1 saturated heterocycles. The van der Waals surface area contributed by atoms with E-state index in [4.69, 9.17) is 4.74 Å². The quantitative estimate of drug-likeness (QED) is 0.875. The van der Waals surface area contributed by atoms with Gasteiger partial charge in [-0.15, -0.1) is 10.2 Å². The molecule has 0 spiro atoms. The molecule has 3 rings (SSSR count). The zero-order valence-electron chi connectivity index (χ0n) is 10.5. The van der Waals surface area contributed by atoms with Crippen LogP contribution < -0.4 is 10.1 Å². The zero-order valence-corrected chi connectivity index (χ0v) is 10.5. The lowest BCUT2D eigenvalue weighted by atomic mass is 10.1. The minimum Gasteiger partial charge on any atom is -0.473 e. The number of nitrogens with one attached hydrogen (secondary N) is 1. The molecule has 96 valence electrons. The maximum Gasteiger partial charge on any atom is 0.260 e. The molecule has 1 unspecified atom stereocenters. The van der Waals surface area contributed by atoms with E-state index >= 15 is 0 Å². The Kier molecular flexibility index (Phi) is 3.10. The third kappa shape index (κ3) is 2.15. The van der Waals surface area contributed by atoms with Crippen molar-refractivity contribution in [3.8, 4) is 5.88 Å². The molecular weight excluding hydrogens is 230 g/mol. The molecule has 1 aliphatic heterocycles. The van der Waals surface area contributed by atoms with Crippen molar-refractivity contribution in [3.63, 3.8) is 0 Å². The van der Waals surface area contributed by atoms with Gasteiger partial charge in [-0.05, 0) is 26.3 Å². The van der Waals surface area contributed by atoms with Gasteiger partial charge in [0.1, 0.15) is 12.4 Å². The summed E-state index contributed by atoms with van der Waals surface area (Å²) in [5, 5.41) is 11.6. The van der Waals surface area contributed by atoms with Crippen molar-refractivity contribution >= 4 is 5.65 Å². The highest BCUT2D eigenvalue weighted by Crippen LogP contribution is 2.16. The van der Waals surface area contributed by atoms with E-state index in [9.17, 15) is 0 Å². The first-order chi connectivity index (χ1) is 8.84. The maximum atomic E-state index is 5.78. The van der Waals surface area contributed by atoms with Gasteiger partial charge in [-0.3, -0.25) is 4.40 Å². The fourth-order valence-corrected chi connectivity index (χ4v) is 2.27. The molecule has 0 aliphatic carbocycles. The summed E-state index contributed by atoms with van der Waals surface area (Å²) in [4.78, 5) is 4.23. The highest BCUT2D eigenvalue weighted by Gasteiger charge is 2.15. The van der Waals surface area contributed by atoms with Crippen molar-refractivity contribution in [2.45, 2.75) is 32.2 Å². The number of aryl methyl sites for hydroxylation is 1. The third-order valence-corrected chi connectivity index (χ3v) is 3.30. The summed E-state index contributed by atoms with van der Waals surface area (Å²) >= 11 is 0. The lowest BCUT2D eigenvalue weighted by Gasteiger charge is -2.23. The van der Waals surface area contributed by atoms with Gasteiger partial charge in [0, 0.05) is 18.4 Å².